The van der Waals surface area contributed by atoms with E-state index in [2.05, 4.69) is 18.5 Å². The molecule has 0 amide bonds. The highest BCUT2D eigenvalue weighted by Gasteiger charge is 2.07. The third kappa shape index (κ3) is 1.87. The molecule has 0 unspecified atom stereocenters. The van der Waals surface area contributed by atoms with E-state index in [4.69, 9.17) is 4.42 Å². The predicted octanol–water partition coefficient (Wildman–Crippen LogP) is 2.82. The van der Waals surface area contributed by atoms with Crippen LogP contribution in [0.1, 0.15) is 19.5 Å². The minimum atomic E-state index is 0.875. The number of hydrogen-bond donors (Lipinski definition) is 0. The fraction of sp³-hybridized carbons (Fsp3) is 0.375. The third-order valence-corrected chi connectivity index (χ3v) is 2.06. The Balaban J connectivity index is 2.87. The Hall–Kier alpha value is -0.700. The lowest BCUT2D eigenvalue weighted by Gasteiger charge is -1.95. The predicted molar refractivity (Wildman–Crippen MR) is 47.6 cm³/mol. The van der Waals surface area contributed by atoms with Crippen LogP contribution in [-0.4, -0.2) is 10.7 Å². The smallest absolute Gasteiger partial charge is 0.188 e. The molecule has 3 heteroatoms. The van der Waals surface area contributed by atoms with Crippen molar-refractivity contribution in [2.24, 2.45) is 0 Å². The largest absolute Gasteiger partial charge is 0.437 e. The average Bonchev–Trinajstić information content (AvgIpc) is 2.36. The van der Waals surface area contributed by atoms with Crippen molar-refractivity contribution in [1.29, 1.82) is 0 Å². The first-order chi connectivity index (χ1) is 5.25. The molecule has 0 fully saturated rings. The number of oxazole rings is 1. The molecule has 11 heavy (non-hydrogen) atoms. The van der Waals surface area contributed by atoms with Crippen molar-refractivity contribution < 1.29 is 4.42 Å². The van der Waals surface area contributed by atoms with Gasteiger partial charge in [-0.05, 0) is 18.2 Å². The summed E-state index contributed by atoms with van der Waals surface area (Å²) in [5.41, 5.74) is 1.84. The minimum absolute atomic E-state index is 0.875. The first kappa shape index (κ1) is 8.40. The van der Waals surface area contributed by atoms with Gasteiger partial charge in [0.1, 0.15) is 5.69 Å². The van der Waals surface area contributed by atoms with Crippen LogP contribution in [0.5, 0.6) is 0 Å². The summed E-state index contributed by atoms with van der Waals surface area (Å²) in [6.07, 6.45) is 1.46. The van der Waals surface area contributed by atoms with Gasteiger partial charge in [-0.3, -0.25) is 0 Å². The molecule has 60 valence electrons. The molecule has 0 saturated carbocycles. The molecule has 0 bridgehead atoms. The van der Waals surface area contributed by atoms with Gasteiger partial charge in [0.2, 0.25) is 0 Å². The zero-order valence-corrected chi connectivity index (χ0v) is 7.57. The van der Waals surface area contributed by atoms with E-state index in [1.54, 1.807) is 11.8 Å². The molecule has 0 aliphatic carbocycles. The van der Waals surface area contributed by atoms with Crippen molar-refractivity contribution >= 4 is 17.3 Å². The highest BCUT2D eigenvalue weighted by atomic mass is 32.2. The van der Waals surface area contributed by atoms with Crippen molar-refractivity contribution in [1.82, 2.24) is 4.98 Å². The van der Waals surface area contributed by atoms with Gasteiger partial charge in [-0.1, -0.05) is 25.3 Å². The number of aromatic nitrogens is 1. The summed E-state index contributed by atoms with van der Waals surface area (Å²) in [5, 5.41) is 0.875. The van der Waals surface area contributed by atoms with Gasteiger partial charge in [0.15, 0.2) is 11.5 Å². The van der Waals surface area contributed by atoms with E-state index in [-0.39, 0.29) is 0 Å². The summed E-state index contributed by atoms with van der Waals surface area (Å²) in [5.74, 6) is 0.996. The summed E-state index contributed by atoms with van der Waals surface area (Å²) in [7, 11) is 0. The van der Waals surface area contributed by atoms with Crippen LogP contribution in [0.2, 0.25) is 0 Å². The number of thioether (sulfide) groups is 1. The zero-order valence-electron chi connectivity index (χ0n) is 6.76. The fourth-order valence-electron chi connectivity index (χ4n) is 0.753. The van der Waals surface area contributed by atoms with E-state index >= 15 is 0 Å². The molecule has 0 aliphatic heterocycles. The molecule has 0 N–H and O–H groups in total. The van der Waals surface area contributed by atoms with Crippen LogP contribution in [0.25, 0.3) is 5.57 Å². The standard InChI is InChI=1S/C8H11NOS/c1-4-11-8-7(6(2)3)9-5-10-8/h5H,2,4H2,1,3H3. The van der Waals surface area contributed by atoms with Crippen molar-refractivity contribution in [3.63, 3.8) is 0 Å². The highest BCUT2D eigenvalue weighted by Crippen LogP contribution is 2.25. The fourth-order valence-corrected chi connectivity index (χ4v) is 1.49. The highest BCUT2D eigenvalue weighted by molar-refractivity contribution is 7.99. The molecule has 0 spiro atoms. The maximum absolute atomic E-state index is 5.16. The Kier molecular flexibility index (Phi) is 2.76. The topological polar surface area (TPSA) is 26.0 Å². The molecule has 1 rings (SSSR count). The first-order valence-corrected chi connectivity index (χ1v) is 4.46. The van der Waals surface area contributed by atoms with Gasteiger partial charge in [-0.15, -0.1) is 0 Å². The van der Waals surface area contributed by atoms with Gasteiger partial charge in [-0.25, -0.2) is 4.98 Å². The van der Waals surface area contributed by atoms with Crippen molar-refractivity contribution in [3.8, 4) is 0 Å². The van der Waals surface area contributed by atoms with Crippen LogP contribution in [0.15, 0.2) is 22.5 Å². The van der Waals surface area contributed by atoms with E-state index in [1.807, 2.05) is 6.92 Å². The van der Waals surface area contributed by atoms with Crippen LogP contribution < -0.4 is 0 Å². The monoisotopic (exact) mass is 169 g/mol. The normalized spacial score (nSPS) is 10.0. The molecule has 0 radical (unpaired) electrons. The number of allylic oxidation sites excluding steroid dienone is 1. The number of nitrogens with zero attached hydrogens (tertiary/aromatic N) is 1. The van der Waals surface area contributed by atoms with Crippen LogP contribution in [-0.2, 0) is 0 Å². The first-order valence-electron chi connectivity index (χ1n) is 3.48. The van der Waals surface area contributed by atoms with E-state index in [0.717, 1.165) is 22.1 Å². The number of rotatable bonds is 3. The van der Waals surface area contributed by atoms with E-state index < -0.39 is 0 Å². The van der Waals surface area contributed by atoms with E-state index in [1.165, 1.54) is 6.39 Å². The maximum Gasteiger partial charge on any atom is 0.188 e. The van der Waals surface area contributed by atoms with Crippen LogP contribution in [0.3, 0.4) is 0 Å². The summed E-state index contributed by atoms with van der Waals surface area (Å²) in [6.45, 7) is 7.81. The van der Waals surface area contributed by atoms with Crippen molar-refractivity contribution in [3.05, 3.63) is 18.7 Å². The number of hydrogen-bond acceptors (Lipinski definition) is 3. The van der Waals surface area contributed by atoms with Gasteiger partial charge < -0.3 is 4.42 Å². The minimum Gasteiger partial charge on any atom is -0.437 e. The molecule has 0 saturated heterocycles. The molecule has 1 aromatic rings. The van der Waals surface area contributed by atoms with Gasteiger partial charge in [-0.2, -0.15) is 0 Å². The molecule has 0 atom stereocenters. The zero-order chi connectivity index (χ0) is 8.27. The van der Waals surface area contributed by atoms with E-state index in [0.29, 0.717) is 0 Å². The SMILES string of the molecule is C=C(C)c1ncoc1SCC. The molecular formula is C8H11NOS. The molecular weight excluding hydrogens is 158 g/mol. The van der Waals surface area contributed by atoms with Gasteiger partial charge in [0, 0.05) is 0 Å². The summed E-state index contributed by atoms with van der Waals surface area (Å²) < 4.78 is 5.16. The lowest BCUT2D eigenvalue weighted by Crippen LogP contribution is -1.80. The quantitative estimate of drug-likeness (QED) is 0.651. The summed E-state index contributed by atoms with van der Waals surface area (Å²) in [6, 6.07) is 0. The second-order valence-electron chi connectivity index (χ2n) is 2.20. The Morgan fingerprint density at radius 2 is 2.55 bits per heavy atom. The van der Waals surface area contributed by atoms with Gasteiger partial charge >= 0.3 is 0 Å². The third-order valence-electron chi connectivity index (χ3n) is 1.21. The molecule has 1 aromatic heterocycles. The van der Waals surface area contributed by atoms with Crippen LogP contribution in [0.4, 0.5) is 0 Å². The second kappa shape index (κ2) is 3.62. The van der Waals surface area contributed by atoms with E-state index in [9.17, 15) is 0 Å². The van der Waals surface area contributed by atoms with Crippen molar-refractivity contribution in [2.75, 3.05) is 5.75 Å². The summed E-state index contributed by atoms with van der Waals surface area (Å²) >= 11 is 1.65. The van der Waals surface area contributed by atoms with Gasteiger partial charge in [0.05, 0.1) is 0 Å². The Labute approximate surface area is 70.7 Å². The van der Waals surface area contributed by atoms with Crippen LogP contribution >= 0.6 is 11.8 Å². The lowest BCUT2D eigenvalue weighted by atomic mass is 10.3. The molecule has 0 aliphatic rings. The Morgan fingerprint density at radius 3 is 3.09 bits per heavy atom. The Morgan fingerprint density at radius 1 is 1.82 bits per heavy atom. The average molecular weight is 169 g/mol. The van der Waals surface area contributed by atoms with Gasteiger partial charge in [0.25, 0.3) is 0 Å². The van der Waals surface area contributed by atoms with Crippen LogP contribution in [0, 0.1) is 0 Å². The second-order valence-corrected chi connectivity index (χ2v) is 3.44. The van der Waals surface area contributed by atoms with Crippen molar-refractivity contribution in [2.45, 2.75) is 18.9 Å². The molecule has 1 heterocycles. The maximum atomic E-state index is 5.16. The Bertz CT molecular complexity index is 254. The lowest BCUT2D eigenvalue weighted by molar-refractivity contribution is 0.469. The molecule has 2 nitrogen and oxygen atoms in total. The molecule has 0 aromatic carbocycles. The summed E-state index contributed by atoms with van der Waals surface area (Å²) in [4.78, 5) is 4.05.